The van der Waals surface area contributed by atoms with Crippen LogP contribution in [-0.4, -0.2) is 44.0 Å². The van der Waals surface area contributed by atoms with Gasteiger partial charge in [-0.3, -0.25) is 4.90 Å². The summed E-state index contributed by atoms with van der Waals surface area (Å²) >= 11 is 4.86. The molecule has 2 rings (SSSR count). The molecular formula is C13H18FN3O2S2. The lowest BCUT2D eigenvalue weighted by molar-refractivity contribution is 0.233. The van der Waals surface area contributed by atoms with Crippen molar-refractivity contribution in [1.82, 2.24) is 9.62 Å². The number of likely N-dealkylation sites (tertiary alicyclic amines) is 1. The highest BCUT2D eigenvalue weighted by molar-refractivity contribution is 7.89. The van der Waals surface area contributed by atoms with Gasteiger partial charge in [0.1, 0.15) is 5.82 Å². The second-order valence-corrected chi connectivity index (χ2v) is 7.33. The molecule has 0 aliphatic carbocycles. The molecule has 21 heavy (non-hydrogen) atoms. The van der Waals surface area contributed by atoms with Crippen molar-refractivity contribution in [2.75, 3.05) is 19.6 Å². The number of nitrogens with one attached hydrogen (secondary N) is 1. The van der Waals surface area contributed by atoms with Crippen molar-refractivity contribution in [2.45, 2.75) is 23.8 Å². The molecule has 0 bridgehead atoms. The van der Waals surface area contributed by atoms with Gasteiger partial charge in [-0.05, 0) is 31.0 Å². The van der Waals surface area contributed by atoms with Crippen LogP contribution in [0.2, 0.25) is 0 Å². The zero-order chi connectivity index (χ0) is 15.5. The average Bonchev–Trinajstić information content (AvgIpc) is 2.40. The number of hydrogen-bond donors (Lipinski definition) is 2. The first-order valence-corrected chi connectivity index (χ1v) is 8.54. The van der Waals surface area contributed by atoms with E-state index in [0.717, 1.165) is 19.2 Å². The average molecular weight is 331 g/mol. The fourth-order valence-electron chi connectivity index (χ4n) is 2.35. The Morgan fingerprint density at radius 2 is 2.10 bits per heavy atom. The van der Waals surface area contributed by atoms with Gasteiger partial charge < -0.3 is 5.73 Å². The summed E-state index contributed by atoms with van der Waals surface area (Å²) in [6.45, 7) is 2.01. The number of thiocarbonyl (C=S) groups is 1. The summed E-state index contributed by atoms with van der Waals surface area (Å²) in [5.41, 5.74) is 5.49. The van der Waals surface area contributed by atoms with E-state index in [1.54, 1.807) is 0 Å². The van der Waals surface area contributed by atoms with Gasteiger partial charge in [0.25, 0.3) is 0 Å². The molecule has 0 atom stereocenters. The van der Waals surface area contributed by atoms with Crippen molar-refractivity contribution in [1.29, 1.82) is 0 Å². The van der Waals surface area contributed by atoms with E-state index in [0.29, 0.717) is 24.4 Å². The summed E-state index contributed by atoms with van der Waals surface area (Å²) in [5, 5.41) is 0. The SMILES string of the molecule is NC(=S)CN1CCC(NS(=O)(=O)c2cccc(F)c2)CC1. The van der Waals surface area contributed by atoms with E-state index < -0.39 is 15.8 Å². The standard InChI is InChI=1S/C13H18FN3O2S2/c14-10-2-1-3-12(8-10)21(18,19)16-11-4-6-17(7-5-11)9-13(15)20/h1-3,8,11,16H,4-7,9H2,(H2,15,20). The summed E-state index contributed by atoms with van der Waals surface area (Å²) in [6.07, 6.45) is 1.36. The van der Waals surface area contributed by atoms with Gasteiger partial charge in [-0.15, -0.1) is 0 Å². The molecule has 116 valence electrons. The monoisotopic (exact) mass is 331 g/mol. The summed E-state index contributed by atoms with van der Waals surface area (Å²) < 4.78 is 40.1. The van der Waals surface area contributed by atoms with Crippen LogP contribution in [0.25, 0.3) is 0 Å². The third kappa shape index (κ3) is 4.70. The van der Waals surface area contributed by atoms with E-state index in [9.17, 15) is 12.8 Å². The lowest BCUT2D eigenvalue weighted by Gasteiger charge is -2.31. The second-order valence-electron chi connectivity index (χ2n) is 5.10. The number of halogens is 1. The van der Waals surface area contributed by atoms with Crippen LogP contribution in [-0.2, 0) is 10.0 Å². The molecule has 5 nitrogen and oxygen atoms in total. The fraction of sp³-hybridized carbons (Fsp3) is 0.462. The minimum Gasteiger partial charge on any atom is -0.392 e. The van der Waals surface area contributed by atoms with Crippen molar-refractivity contribution < 1.29 is 12.8 Å². The third-order valence-electron chi connectivity index (χ3n) is 3.40. The van der Waals surface area contributed by atoms with Crippen LogP contribution >= 0.6 is 12.2 Å². The molecule has 1 aliphatic rings. The Labute approximate surface area is 129 Å². The molecule has 0 saturated carbocycles. The van der Waals surface area contributed by atoms with Gasteiger partial charge >= 0.3 is 0 Å². The topological polar surface area (TPSA) is 75.4 Å². The number of piperidine rings is 1. The van der Waals surface area contributed by atoms with Crippen LogP contribution in [0, 0.1) is 5.82 Å². The summed E-state index contributed by atoms with van der Waals surface area (Å²) in [4.78, 5) is 2.48. The Kier molecular flexibility index (Phi) is 5.26. The number of sulfonamides is 1. The molecule has 1 heterocycles. The quantitative estimate of drug-likeness (QED) is 0.783. The molecule has 1 aliphatic heterocycles. The maximum Gasteiger partial charge on any atom is 0.240 e. The van der Waals surface area contributed by atoms with E-state index in [4.69, 9.17) is 18.0 Å². The molecule has 0 radical (unpaired) electrons. The van der Waals surface area contributed by atoms with Crippen LogP contribution in [0.4, 0.5) is 4.39 Å². The summed E-state index contributed by atoms with van der Waals surface area (Å²) in [7, 11) is -3.68. The molecule has 0 spiro atoms. The molecular weight excluding hydrogens is 313 g/mol. The minimum absolute atomic E-state index is 0.0481. The summed E-state index contributed by atoms with van der Waals surface area (Å²) in [5.74, 6) is -0.566. The highest BCUT2D eigenvalue weighted by Crippen LogP contribution is 2.15. The number of nitrogens with zero attached hydrogens (tertiary/aromatic N) is 1. The van der Waals surface area contributed by atoms with Crippen LogP contribution < -0.4 is 10.5 Å². The molecule has 0 unspecified atom stereocenters. The zero-order valence-electron chi connectivity index (χ0n) is 11.5. The molecule has 1 fully saturated rings. The lowest BCUT2D eigenvalue weighted by atomic mass is 10.1. The van der Waals surface area contributed by atoms with E-state index in [2.05, 4.69) is 9.62 Å². The van der Waals surface area contributed by atoms with Crippen LogP contribution in [0.15, 0.2) is 29.2 Å². The van der Waals surface area contributed by atoms with Crippen molar-refractivity contribution in [3.05, 3.63) is 30.1 Å². The fourth-order valence-corrected chi connectivity index (χ4v) is 3.87. The second kappa shape index (κ2) is 6.78. The Balaban J connectivity index is 1.95. The van der Waals surface area contributed by atoms with Gasteiger partial charge in [0.05, 0.1) is 9.88 Å². The van der Waals surface area contributed by atoms with Crippen molar-refractivity contribution in [3.63, 3.8) is 0 Å². The minimum atomic E-state index is -3.68. The highest BCUT2D eigenvalue weighted by atomic mass is 32.2. The van der Waals surface area contributed by atoms with Crippen LogP contribution in [0.1, 0.15) is 12.8 Å². The van der Waals surface area contributed by atoms with Crippen molar-refractivity contribution in [2.24, 2.45) is 5.73 Å². The Bertz CT molecular complexity index is 614. The smallest absolute Gasteiger partial charge is 0.240 e. The molecule has 0 amide bonds. The van der Waals surface area contributed by atoms with E-state index >= 15 is 0 Å². The van der Waals surface area contributed by atoms with Gasteiger partial charge in [0, 0.05) is 25.7 Å². The predicted molar refractivity (Wildman–Crippen MR) is 83.0 cm³/mol. The molecule has 3 N–H and O–H groups in total. The maximum absolute atomic E-state index is 13.1. The van der Waals surface area contributed by atoms with Gasteiger partial charge in [0.15, 0.2) is 0 Å². The van der Waals surface area contributed by atoms with Crippen LogP contribution in [0.3, 0.4) is 0 Å². The Morgan fingerprint density at radius 1 is 1.43 bits per heavy atom. The molecule has 0 aromatic heterocycles. The van der Waals surface area contributed by atoms with Crippen molar-refractivity contribution in [3.8, 4) is 0 Å². The zero-order valence-corrected chi connectivity index (χ0v) is 13.1. The maximum atomic E-state index is 13.1. The summed E-state index contributed by atoms with van der Waals surface area (Å²) in [6, 6.07) is 4.85. The lowest BCUT2D eigenvalue weighted by Crippen LogP contribution is -2.46. The van der Waals surface area contributed by atoms with E-state index in [1.807, 2.05) is 0 Å². The number of hydrogen-bond acceptors (Lipinski definition) is 4. The molecule has 1 saturated heterocycles. The number of benzene rings is 1. The van der Waals surface area contributed by atoms with Crippen LogP contribution in [0.5, 0.6) is 0 Å². The first-order valence-electron chi connectivity index (χ1n) is 6.65. The number of rotatable bonds is 5. The van der Waals surface area contributed by atoms with Gasteiger partial charge in [-0.25, -0.2) is 17.5 Å². The Morgan fingerprint density at radius 3 is 2.67 bits per heavy atom. The third-order valence-corrected chi connectivity index (χ3v) is 5.04. The van der Waals surface area contributed by atoms with Gasteiger partial charge in [-0.1, -0.05) is 18.3 Å². The highest BCUT2D eigenvalue weighted by Gasteiger charge is 2.24. The van der Waals surface area contributed by atoms with Gasteiger partial charge in [-0.2, -0.15) is 0 Å². The normalized spacial score (nSPS) is 17.8. The predicted octanol–water partition coefficient (Wildman–Crippen LogP) is 0.854. The molecule has 1 aromatic rings. The Hall–Kier alpha value is -1.09. The van der Waals surface area contributed by atoms with E-state index in [1.165, 1.54) is 18.2 Å². The first kappa shape index (κ1) is 16.3. The molecule has 1 aromatic carbocycles. The van der Waals surface area contributed by atoms with Gasteiger partial charge in [0.2, 0.25) is 10.0 Å². The van der Waals surface area contributed by atoms with E-state index in [-0.39, 0.29) is 10.9 Å². The molecule has 8 heteroatoms. The largest absolute Gasteiger partial charge is 0.392 e. The number of nitrogens with two attached hydrogens (primary N) is 1. The van der Waals surface area contributed by atoms with Crippen molar-refractivity contribution >= 4 is 27.2 Å². The first-order chi connectivity index (χ1) is 9.87.